The van der Waals surface area contributed by atoms with E-state index < -0.39 is 0 Å². The molecule has 3 aromatic carbocycles. The van der Waals surface area contributed by atoms with Gasteiger partial charge in [-0.15, -0.1) is 0 Å². The molecule has 0 N–H and O–H groups in total. The summed E-state index contributed by atoms with van der Waals surface area (Å²) in [5, 5.41) is 0. The van der Waals surface area contributed by atoms with Crippen LogP contribution in [0.2, 0.25) is 0 Å². The zero-order valence-corrected chi connectivity index (χ0v) is 18.7. The summed E-state index contributed by atoms with van der Waals surface area (Å²) >= 11 is 0. The van der Waals surface area contributed by atoms with Gasteiger partial charge in [0.25, 0.3) is 11.8 Å². The van der Waals surface area contributed by atoms with E-state index in [4.69, 9.17) is 9.47 Å². The predicted molar refractivity (Wildman–Crippen MR) is 133 cm³/mol. The Morgan fingerprint density at radius 2 is 1.03 bits per heavy atom. The summed E-state index contributed by atoms with van der Waals surface area (Å²) in [5.41, 5.74) is 3.72. The largest absolute Gasteiger partial charge is 0.490 e. The zero-order chi connectivity index (χ0) is 23.9. The van der Waals surface area contributed by atoms with E-state index in [-0.39, 0.29) is 17.7 Å². The van der Waals surface area contributed by atoms with Crippen molar-refractivity contribution in [3.63, 3.8) is 0 Å². The van der Waals surface area contributed by atoms with Crippen LogP contribution in [-0.4, -0.2) is 25.0 Å². The average Bonchev–Trinajstić information content (AvgIpc) is 3.21. The first-order chi connectivity index (χ1) is 16.6. The Bertz CT molecular complexity index is 1130. The maximum Gasteiger partial charge on any atom is 0.258 e. The Kier molecular flexibility index (Phi) is 7.04. The third-order valence-electron chi connectivity index (χ3n) is 5.46. The lowest BCUT2D eigenvalue weighted by molar-refractivity contribution is -0.119. The van der Waals surface area contributed by atoms with Gasteiger partial charge in [0.05, 0.1) is 5.69 Å². The monoisotopic (exact) mass is 451 g/mol. The molecular formula is C29H25NO4. The SMILES string of the molecule is C=CCOc1ccc(C(c2ccc(OCC=C)cc2)c2ccc(N3C(=O)C=CC3=O)cc2)cc1. The highest BCUT2D eigenvalue weighted by molar-refractivity contribution is 6.28. The second kappa shape index (κ2) is 10.5. The van der Waals surface area contributed by atoms with Crippen LogP contribution < -0.4 is 14.4 Å². The van der Waals surface area contributed by atoms with Crippen LogP contribution >= 0.6 is 0 Å². The number of hydrogen-bond acceptors (Lipinski definition) is 4. The number of ether oxygens (including phenoxy) is 2. The topological polar surface area (TPSA) is 55.8 Å². The van der Waals surface area contributed by atoms with Crippen LogP contribution in [0.1, 0.15) is 22.6 Å². The predicted octanol–water partition coefficient (Wildman–Crippen LogP) is 5.43. The molecule has 0 fully saturated rings. The Morgan fingerprint density at radius 3 is 1.41 bits per heavy atom. The normalized spacial score (nSPS) is 12.8. The van der Waals surface area contributed by atoms with Gasteiger partial charge in [0, 0.05) is 18.1 Å². The first kappa shape index (κ1) is 22.8. The van der Waals surface area contributed by atoms with Crippen LogP contribution in [0.4, 0.5) is 5.69 Å². The molecule has 0 bridgehead atoms. The van der Waals surface area contributed by atoms with Gasteiger partial charge >= 0.3 is 0 Å². The van der Waals surface area contributed by atoms with Crippen molar-refractivity contribution >= 4 is 17.5 Å². The van der Waals surface area contributed by atoms with Gasteiger partial charge in [-0.1, -0.05) is 61.7 Å². The number of rotatable bonds is 10. The minimum absolute atomic E-state index is 0.0703. The number of anilines is 1. The first-order valence-electron chi connectivity index (χ1n) is 10.9. The summed E-state index contributed by atoms with van der Waals surface area (Å²) in [4.78, 5) is 25.2. The number of benzene rings is 3. The molecule has 0 saturated carbocycles. The number of hydrogen-bond donors (Lipinski definition) is 0. The van der Waals surface area contributed by atoms with Gasteiger partial charge in [0.15, 0.2) is 0 Å². The molecular weight excluding hydrogens is 426 g/mol. The fraction of sp³-hybridized carbons (Fsp3) is 0.103. The van der Waals surface area contributed by atoms with E-state index in [2.05, 4.69) is 13.2 Å². The molecule has 0 aromatic heterocycles. The van der Waals surface area contributed by atoms with Crippen LogP contribution in [0.25, 0.3) is 0 Å². The number of carbonyl (C=O) groups is 2. The molecule has 5 heteroatoms. The fourth-order valence-electron chi connectivity index (χ4n) is 3.87. The van der Waals surface area contributed by atoms with Crippen molar-refractivity contribution < 1.29 is 19.1 Å². The van der Waals surface area contributed by atoms with Crippen molar-refractivity contribution in [2.45, 2.75) is 5.92 Å². The summed E-state index contributed by atoms with van der Waals surface area (Å²) in [6.07, 6.45) is 5.98. The van der Waals surface area contributed by atoms with E-state index in [1.165, 1.54) is 12.2 Å². The molecule has 0 aliphatic carbocycles. The average molecular weight is 452 g/mol. The van der Waals surface area contributed by atoms with Crippen LogP contribution in [0.15, 0.2) is 110 Å². The molecule has 1 heterocycles. The summed E-state index contributed by atoms with van der Waals surface area (Å²) in [5.74, 6) is 0.798. The Balaban J connectivity index is 1.67. The van der Waals surface area contributed by atoms with Gasteiger partial charge in [-0.2, -0.15) is 0 Å². The van der Waals surface area contributed by atoms with E-state index in [0.717, 1.165) is 33.1 Å². The Hall–Kier alpha value is -4.38. The number of nitrogens with zero attached hydrogens (tertiary/aromatic N) is 1. The molecule has 0 unspecified atom stereocenters. The second-order valence-electron chi connectivity index (χ2n) is 7.71. The molecule has 1 aliphatic rings. The standard InChI is InChI=1S/C29H25NO4/c1-3-19-33-25-13-7-22(8-14-25)29(23-9-15-26(16-10-23)34-20-4-2)21-5-11-24(12-6-21)30-27(31)17-18-28(30)32/h3-18,29H,1-2,19-20H2. The lowest BCUT2D eigenvalue weighted by Crippen LogP contribution is -2.29. The minimum atomic E-state index is -0.334. The molecule has 1 aliphatic heterocycles. The van der Waals surface area contributed by atoms with Crippen LogP contribution in [-0.2, 0) is 9.59 Å². The lowest BCUT2D eigenvalue weighted by Gasteiger charge is -2.21. The van der Waals surface area contributed by atoms with Gasteiger partial charge in [-0.3, -0.25) is 9.59 Å². The molecule has 0 radical (unpaired) electrons. The Labute approximate surface area is 199 Å². The van der Waals surface area contributed by atoms with Gasteiger partial charge in [0.1, 0.15) is 24.7 Å². The van der Waals surface area contributed by atoms with E-state index in [9.17, 15) is 9.59 Å². The smallest absolute Gasteiger partial charge is 0.258 e. The molecule has 4 rings (SSSR count). The fourth-order valence-corrected chi connectivity index (χ4v) is 3.87. The summed E-state index contributed by atoms with van der Waals surface area (Å²) in [7, 11) is 0. The third-order valence-corrected chi connectivity index (χ3v) is 5.46. The molecule has 3 aromatic rings. The molecule has 0 spiro atoms. The molecule has 2 amide bonds. The summed E-state index contributed by atoms with van der Waals surface area (Å²) in [6.45, 7) is 8.25. The summed E-state index contributed by atoms with van der Waals surface area (Å²) in [6, 6.07) is 23.4. The van der Waals surface area contributed by atoms with Crippen molar-refractivity contribution in [1.82, 2.24) is 0 Å². The van der Waals surface area contributed by atoms with E-state index in [0.29, 0.717) is 18.9 Å². The summed E-state index contributed by atoms with van der Waals surface area (Å²) < 4.78 is 11.3. The van der Waals surface area contributed by atoms with Gasteiger partial charge < -0.3 is 9.47 Å². The van der Waals surface area contributed by atoms with E-state index in [1.807, 2.05) is 60.7 Å². The van der Waals surface area contributed by atoms with Crippen LogP contribution in [0.3, 0.4) is 0 Å². The molecule has 170 valence electrons. The Morgan fingerprint density at radius 1 is 0.647 bits per heavy atom. The van der Waals surface area contributed by atoms with Crippen molar-refractivity contribution in [3.8, 4) is 11.5 Å². The molecule has 0 saturated heterocycles. The van der Waals surface area contributed by atoms with Crippen molar-refractivity contribution in [3.05, 3.63) is 127 Å². The highest BCUT2D eigenvalue weighted by Gasteiger charge is 2.25. The number of imide groups is 1. The van der Waals surface area contributed by atoms with Gasteiger partial charge in [-0.25, -0.2) is 4.90 Å². The highest BCUT2D eigenvalue weighted by Crippen LogP contribution is 2.35. The van der Waals surface area contributed by atoms with Crippen molar-refractivity contribution in [2.24, 2.45) is 0 Å². The maximum atomic E-state index is 12.0. The molecule has 0 atom stereocenters. The van der Waals surface area contributed by atoms with Gasteiger partial charge in [-0.05, 0) is 53.1 Å². The van der Waals surface area contributed by atoms with Crippen LogP contribution in [0.5, 0.6) is 11.5 Å². The number of carbonyl (C=O) groups excluding carboxylic acids is 2. The quantitative estimate of drug-likeness (QED) is 0.234. The first-order valence-corrected chi connectivity index (χ1v) is 10.9. The minimum Gasteiger partial charge on any atom is -0.490 e. The highest BCUT2D eigenvalue weighted by atomic mass is 16.5. The number of amides is 2. The maximum absolute atomic E-state index is 12.0. The third kappa shape index (κ3) is 4.99. The van der Waals surface area contributed by atoms with Crippen molar-refractivity contribution in [1.29, 1.82) is 0 Å². The van der Waals surface area contributed by atoms with Crippen LogP contribution in [0, 0.1) is 0 Å². The zero-order valence-electron chi connectivity index (χ0n) is 18.7. The second-order valence-corrected chi connectivity index (χ2v) is 7.71. The lowest BCUT2D eigenvalue weighted by atomic mass is 9.85. The molecule has 5 nitrogen and oxygen atoms in total. The van der Waals surface area contributed by atoms with E-state index in [1.54, 1.807) is 24.3 Å². The van der Waals surface area contributed by atoms with Crippen molar-refractivity contribution in [2.75, 3.05) is 18.1 Å². The van der Waals surface area contributed by atoms with E-state index >= 15 is 0 Å². The molecule has 34 heavy (non-hydrogen) atoms. The van der Waals surface area contributed by atoms with Gasteiger partial charge in [0.2, 0.25) is 0 Å².